The molecule has 98 valence electrons. The molecule has 18 heavy (non-hydrogen) atoms. The topological polar surface area (TPSA) is 55.5 Å². The fourth-order valence-electron chi connectivity index (χ4n) is 1.31. The Morgan fingerprint density at radius 3 is 2.28 bits per heavy atom. The number of non-ortho nitro benzene ring substituents is 1. The standard InChI is InChI=1S/C11H11F3N2O2/c1-2-10(11(12,13)14)15-7-8-3-5-9(6-4-8)16(17)18/h3-6H,2,7H2,1H3/b15-10+. The van der Waals surface area contributed by atoms with Gasteiger partial charge in [0.25, 0.3) is 5.69 Å². The fraction of sp³-hybridized carbons (Fsp3) is 0.364. The molecule has 1 aromatic rings. The van der Waals surface area contributed by atoms with Crippen molar-refractivity contribution in [1.82, 2.24) is 0 Å². The first-order valence-corrected chi connectivity index (χ1v) is 5.18. The van der Waals surface area contributed by atoms with Gasteiger partial charge in [-0.3, -0.25) is 15.1 Å². The second kappa shape index (κ2) is 5.61. The average molecular weight is 260 g/mol. The number of halogens is 3. The average Bonchev–Trinajstić information content (AvgIpc) is 2.28. The summed E-state index contributed by atoms with van der Waals surface area (Å²) in [5.74, 6) is 0. The van der Waals surface area contributed by atoms with Crippen molar-refractivity contribution in [3.63, 3.8) is 0 Å². The van der Waals surface area contributed by atoms with Crippen LogP contribution in [0.15, 0.2) is 29.3 Å². The summed E-state index contributed by atoms with van der Waals surface area (Å²) in [6, 6.07) is 5.27. The summed E-state index contributed by atoms with van der Waals surface area (Å²) in [4.78, 5) is 13.3. The highest BCUT2D eigenvalue weighted by atomic mass is 19.4. The zero-order valence-electron chi connectivity index (χ0n) is 9.57. The maximum atomic E-state index is 12.4. The van der Waals surface area contributed by atoms with Gasteiger partial charge in [-0.15, -0.1) is 0 Å². The van der Waals surface area contributed by atoms with Crippen LogP contribution >= 0.6 is 0 Å². The summed E-state index contributed by atoms with van der Waals surface area (Å²) in [6.45, 7) is 1.24. The highest BCUT2D eigenvalue weighted by Crippen LogP contribution is 2.20. The molecule has 0 spiro atoms. The van der Waals surface area contributed by atoms with Gasteiger partial charge in [-0.25, -0.2) is 0 Å². The minimum atomic E-state index is -4.42. The van der Waals surface area contributed by atoms with E-state index in [0.717, 1.165) is 0 Å². The molecule has 0 aromatic heterocycles. The number of aliphatic imine (C=N–C) groups is 1. The first-order chi connectivity index (χ1) is 8.34. The first kappa shape index (κ1) is 14.1. The molecule has 1 aromatic carbocycles. The van der Waals surface area contributed by atoms with Crippen LogP contribution in [0.2, 0.25) is 0 Å². The van der Waals surface area contributed by atoms with Crippen molar-refractivity contribution in [3.05, 3.63) is 39.9 Å². The van der Waals surface area contributed by atoms with Crippen LogP contribution in [0.3, 0.4) is 0 Å². The Balaban J connectivity index is 2.79. The Hall–Kier alpha value is -1.92. The maximum Gasteiger partial charge on any atom is 0.429 e. The quantitative estimate of drug-likeness (QED) is 0.472. The van der Waals surface area contributed by atoms with E-state index in [1.807, 2.05) is 0 Å². The SMILES string of the molecule is CC/C(=N\Cc1ccc([N+](=O)[O-])cc1)C(F)(F)F. The minimum absolute atomic E-state index is 0.103. The summed E-state index contributed by atoms with van der Waals surface area (Å²) < 4.78 is 37.1. The number of nitro benzene ring substituents is 1. The lowest BCUT2D eigenvalue weighted by Crippen LogP contribution is -2.22. The van der Waals surface area contributed by atoms with E-state index in [1.54, 1.807) is 0 Å². The molecule has 0 amide bonds. The molecule has 1 rings (SSSR count). The van der Waals surface area contributed by atoms with Crippen molar-refractivity contribution in [2.24, 2.45) is 4.99 Å². The van der Waals surface area contributed by atoms with Crippen LogP contribution in [0, 0.1) is 10.1 Å². The molecule has 0 heterocycles. The third-order valence-corrected chi connectivity index (χ3v) is 2.26. The molecule has 0 atom stereocenters. The molecular formula is C11H11F3N2O2. The van der Waals surface area contributed by atoms with Crippen LogP contribution in [0.25, 0.3) is 0 Å². The fourth-order valence-corrected chi connectivity index (χ4v) is 1.31. The summed E-state index contributed by atoms with van der Waals surface area (Å²) in [5, 5.41) is 10.4. The van der Waals surface area contributed by atoms with E-state index in [0.29, 0.717) is 5.56 Å². The summed E-state index contributed by atoms with van der Waals surface area (Å²) >= 11 is 0. The molecular weight excluding hydrogens is 249 g/mol. The van der Waals surface area contributed by atoms with Crippen LogP contribution < -0.4 is 0 Å². The van der Waals surface area contributed by atoms with Crippen molar-refractivity contribution in [1.29, 1.82) is 0 Å². The van der Waals surface area contributed by atoms with Crippen LogP contribution in [-0.4, -0.2) is 16.8 Å². The van der Waals surface area contributed by atoms with Crippen LogP contribution in [0.5, 0.6) is 0 Å². The summed E-state index contributed by atoms with van der Waals surface area (Å²) in [7, 11) is 0. The van der Waals surface area contributed by atoms with Gasteiger partial charge in [0.1, 0.15) is 5.71 Å². The molecule has 0 unspecified atom stereocenters. The van der Waals surface area contributed by atoms with Gasteiger partial charge >= 0.3 is 6.18 Å². The number of hydrogen-bond donors (Lipinski definition) is 0. The lowest BCUT2D eigenvalue weighted by atomic mass is 10.2. The van der Waals surface area contributed by atoms with Gasteiger partial charge in [-0.05, 0) is 12.0 Å². The van der Waals surface area contributed by atoms with E-state index in [4.69, 9.17) is 0 Å². The van der Waals surface area contributed by atoms with Gasteiger partial charge in [0.2, 0.25) is 0 Å². The first-order valence-electron chi connectivity index (χ1n) is 5.18. The molecule has 0 N–H and O–H groups in total. The van der Waals surface area contributed by atoms with E-state index in [9.17, 15) is 23.3 Å². The second-order valence-corrected chi connectivity index (χ2v) is 3.54. The molecule has 0 saturated heterocycles. The Labute approximate surface area is 101 Å². The Morgan fingerprint density at radius 1 is 1.33 bits per heavy atom. The third kappa shape index (κ3) is 3.83. The van der Waals surface area contributed by atoms with E-state index in [-0.39, 0.29) is 18.7 Å². The lowest BCUT2D eigenvalue weighted by molar-refractivity contribution is -0.384. The predicted molar refractivity (Wildman–Crippen MR) is 60.6 cm³/mol. The van der Waals surface area contributed by atoms with Crippen LogP contribution in [-0.2, 0) is 6.54 Å². The van der Waals surface area contributed by atoms with Gasteiger partial charge in [0, 0.05) is 12.1 Å². The summed E-state index contributed by atoms with van der Waals surface area (Å²) in [5.41, 5.74) is -0.439. The number of nitrogens with zero attached hydrogens (tertiary/aromatic N) is 2. The Morgan fingerprint density at radius 2 is 1.89 bits per heavy atom. The normalized spacial score (nSPS) is 12.6. The molecule has 0 aliphatic heterocycles. The van der Waals surface area contributed by atoms with Crippen LogP contribution in [0.1, 0.15) is 18.9 Å². The molecule has 7 heteroatoms. The molecule has 0 bridgehead atoms. The number of alkyl halides is 3. The molecule has 4 nitrogen and oxygen atoms in total. The van der Waals surface area contributed by atoms with E-state index < -0.39 is 16.8 Å². The van der Waals surface area contributed by atoms with Gasteiger partial charge in [0.05, 0.1) is 11.5 Å². The second-order valence-electron chi connectivity index (χ2n) is 3.54. The number of nitro groups is 1. The maximum absolute atomic E-state index is 12.4. The van der Waals surface area contributed by atoms with Gasteiger partial charge in [-0.2, -0.15) is 13.2 Å². The van der Waals surface area contributed by atoms with E-state index in [2.05, 4.69) is 4.99 Å². The number of rotatable bonds is 4. The third-order valence-electron chi connectivity index (χ3n) is 2.26. The predicted octanol–water partition coefficient (Wildman–Crippen LogP) is 3.51. The molecule has 0 fully saturated rings. The summed E-state index contributed by atoms with van der Waals surface area (Å²) in [6.07, 6.45) is -4.62. The van der Waals surface area contributed by atoms with E-state index in [1.165, 1.54) is 31.2 Å². The highest BCUT2D eigenvalue weighted by molar-refractivity contribution is 5.89. The molecule has 0 radical (unpaired) electrons. The van der Waals surface area contributed by atoms with E-state index >= 15 is 0 Å². The zero-order valence-corrected chi connectivity index (χ0v) is 9.57. The van der Waals surface area contributed by atoms with Crippen LogP contribution in [0.4, 0.5) is 18.9 Å². The monoisotopic (exact) mass is 260 g/mol. The molecule has 0 saturated carbocycles. The lowest BCUT2D eigenvalue weighted by Gasteiger charge is -2.08. The van der Waals surface area contributed by atoms with Gasteiger partial charge in [-0.1, -0.05) is 19.1 Å². The molecule has 0 aliphatic carbocycles. The zero-order chi connectivity index (χ0) is 13.8. The van der Waals surface area contributed by atoms with Crippen molar-refractivity contribution in [2.75, 3.05) is 0 Å². The minimum Gasteiger partial charge on any atom is -0.280 e. The Bertz CT molecular complexity index is 452. The Kier molecular flexibility index (Phi) is 4.41. The van der Waals surface area contributed by atoms with Crippen molar-refractivity contribution in [2.45, 2.75) is 26.1 Å². The van der Waals surface area contributed by atoms with Gasteiger partial charge < -0.3 is 0 Å². The highest BCUT2D eigenvalue weighted by Gasteiger charge is 2.33. The van der Waals surface area contributed by atoms with Crippen molar-refractivity contribution >= 4 is 11.4 Å². The number of hydrogen-bond acceptors (Lipinski definition) is 3. The van der Waals surface area contributed by atoms with Gasteiger partial charge in [0.15, 0.2) is 0 Å². The van der Waals surface area contributed by atoms with Crippen molar-refractivity contribution < 1.29 is 18.1 Å². The largest absolute Gasteiger partial charge is 0.429 e. The van der Waals surface area contributed by atoms with Crippen molar-refractivity contribution in [3.8, 4) is 0 Å². The number of benzene rings is 1. The molecule has 0 aliphatic rings. The smallest absolute Gasteiger partial charge is 0.280 e.